The topological polar surface area (TPSA) is 83.0 Å². The minimum atomic E-state index is -0.687. The molecule has 0 saturated carbocycles. The second kappa shape index (κ2) is 6.14. The second-order valence-corrected chi connectivity index (χ2v) is 4.21. The highest BCUT2D eigenvalue weighted by atomic mass is 19.1. The highest BCUT2D eigenvalue weighted by molar-refractivity contribution is 5.94. The molecule has 0 radical (unpaired) electrons. The van der Waals surface area contributed by atoms with E-state index in [4.69, 9.17) is 10.5 Å². The molecule has 0 spiro atoms. The van der Waals surface area contributed by atoms with Gasteiger partial charge < -0.3 is 10.5 Å². The summed E-state index contributed by atoms with van der Waals surface area (Å²) in [6.07, 6.45) is 2.29. The van der Waals surface area contributed by atoms with Crippen LogP contribution in [0.4, 0.5) is 10.1 Å². The molecule has 6 nitrogen and oxygen atoms in total. The molecule has 106 valence electrons. The van der Waals surface area contributed by atoms with Gasteiger partial charge >= 0.3 is 5.97 Å². The minimum absolute atomic E-state index is 0.00607. The summed E-state index contributed by atoms with van der Waals surface area (Å²) in [5.74, 6) is -0.691. The van der Waals surface area contributed by atoms with Gasteiger partial charge in [-0.25, -0.2) is 18.9 Å². The summed E-state index contributed by atoms with van der Waals surface area (Å²) in [4.78, 5) is 15.9. The first-order chi connectivity index (χ1) is 9.61. The van der Waals surface area contributed by atoms with Crippen molar-refractivity contribution < 1.29 is 13.9 Å². The van der Waals surface area contributed by atoms with Gasteiger partial charge in [-0.3, -0.25) is 0 Å². The van der Waals surface area contributed by atoms with Gasteiger partial charge in [0, 0.05) is 12.2 Å². The maximum atomic E-state index is 13.1. The second-order valence-electron chi connectivity index (χ2n) is 4.21. The summed E-state index contributed by atoms with van der Waals surface area (Å²) in [5.41, 5.74) is 5.79. The van der Waals surface area contributed by atoms with Gasteiger partial charge in [0.1, 0.15) is 12.1 Å². The Hall–Kier alpha value is -2.44. The molecule has 20 heavy (non-hydrogen) atoms. The van der Waals surface area contributed by atoms with E-state index in [1.807, 2.05) is 6.92 Å². The lowest BCUT2D eigenvalue weighted by molar-refractivity contribution is 0.0457. The fourth-order valence-corrected chi connectivity index (χ4v) is 1.71. The molecule has 1 heterocycles. The summed E-state index contributed by atoms with van der Waals surface area (Å²) in [6, 6.07) is 3.56. The lowest BCUT2D eigenvalue weighted by atomic mass is 10.2. The number of esters is 1. The van der Waals surface area contributed by atoms with E-state index in [1.165, 1.54) is 18.5 Å². The molecule has 1 aromatic carbocycles. The normalized spacial score (nSPS) is 10.5. The van der Waals surface area contributed by atoms with Crippen LogP contribution in [0.15, 0.2) is 24.5 Å². The number of hydrogen-bond acceptors (Lipinski definition) is 5. The Bertz CT molecular complexity index is 612. The van der Waals surface area contributed by atoms with Crippen LogP contribution in [0.5, 0.6) is 0 Å². The Kier molecular flexibility index (Phi) is 4.29. The summed E-state index contributed by atoms with van der Waals surface area (Å²) in [7, 11) is 0. The quantitative estimate of drug-likeness (QED) is 0.665. The largest absolute Gasteiger partial charge is 0.454 e. The molecule has 0 saturated heterocycles. The van der Waals surface area contributed by atoms with Crippen LogP contribution in [-0.2, 0) is 17.9 Å². The van der Waals surface area contributed by atoms with Crippen molar-refractivity contribution >= 4 is 11.7 Å². The SMILES string of the molecule is CCCn1ncnc1COC(=O)c1cc(F)ccc1N. The molecule has 0 aliphatic carbocycles. The van der Waals surface area contributed by atoms with Gasteiger partial charge in [0.15, 0.2) is 12.4 Å². The fourth-order valence-electron chi connectivity index (χ4n) is 1.71. The standard InChI is InChI=1S/C13H15FN4O2/c1-2-5-18-12(16-8-17-18)7-20-13(19)10-6-9(14)3-4-11(10)15/h3-4,6,8H,2,5,7,15H2,1H3. The van der Waals surface area contributed by atoms with E-state index in [2.05, 4.69) is 10.1 Å². The van der Waals surface area contributed by atoms with E-state index >= 15 is 0 Å². The highest BCUT2D eigenvalue weighted by Crippen LogP contribution is 2.15. The molecule has 2 rings (SSSR count). The molecule has 2 N–H and O–H groups in total. The Morgan fingerprint density at radius 2 is 2.30 bits per heavy atom. The predicted octanol–water partition coefficient (Wildman–Crippen LogP) is 1.77. The Morgan fingerprint density at radius 1 is 1.50 bits per heavy atom. The van der Waals surface area contributed by atoms with Crippen molar-refractivity contribution in [1.29, 1.82) is 0 Å². The number of benzene rings is 1. The van der Waals surface area contributed by atoms with Crippen molar-refractivity contribution in [2.75, 3.05) is 5.73 Å². The zero-order chi connectivity index (χ0) is 14.5. The summed E-state index contributed by atoms with van der Waals surface area (Å²) < 4.78 is 19.8. The number of anilines is 1. The van der Waals surface area contributed by atoms with Crippen LogP contribution in [0, 0.1) is 5.82 Å². The van der Waals surface area contributed by atoms with Gasteiger partial charge in [0.25, 0.3) is 0 Å². The van der Waals surface area contributed by atoms with Gasteiger partial charge in [0.05, 0.1) is 5.56 Å². The van der Waals surface area contributed by atoms with Crippen LogP contribution < -0.4 is 5.73 Å². The Labute approximate surface area is 115 Å². The van der Waals surface area contributed by atoms with Gasteiger partial charge in [-0.15, -0.1) is 0 Å². The maximum absolute atomic E-state index is 13.1. The third-order valence-electron chi connectivity index (χ3n) is 2.70. The van der Waals surface area contributed by atoms with Crippen molar-refractivity contribution in [2.24, 2.45) is 0 Å². The van der Waals surface area contributed by atoms with E-state index in [0.29, 0.717) is 12.4 Å². The monoisotopic (exact) mass is 278 g/mol. The van der Waals surface area contributed by atoms with Crippen LogP contribution in [0.1, 0.15) is 29.5 Å². The van der Waals surface area contributed by atoms with E-state index in [1.54, 1.807) is 4.68 Å². The zero-order valence-electron chi connectivity index (χ0n) is 11.0. The highest BCUT2D eigenvalue weighted by Gasteiger charge is 2.14. The zero-order valence-corrected chi connectivity index (χ0v) is 11.0. The fraction of sp³-hybridized carbons (Fsp3) is 0.308. The van der Waals surface area contributed by atoms with Gasteiger partial charge in [-0.2, -0.15) is 5.10 Å². The van der Waals surface area contributed by atoms with Crippen molar-refractivity contribution in [3.05, 3.63) is 41.7 Å². The first kappa shape index (κ1) is 14.0. The third-order valence-corrected chi connectivity index (χ3v) is 2.70. The summed E-state index contributed by atoms with van der Waals surface area (Å²) in [5, 5.41) is 4.02. The van der Waals surface area contributed by atoms with E-state index in [-0.39, 0.29) is 17.9 Å². The average molecular weight is 278 g/mol. The molecule has 0 aliphatic heterocycles. The number of carbonyl (C=O) groups is 1. The number of aryl methyl sites for hydroxylation is 1. The van der Waals surface area contributed by atoms with E-state index in [9.17, 15) is 9.18 Å². The number of aromatic nitrogens is 3. The lowest BCUT2D eigenvalue weighted by Gasteiger charge is -2.07. The maximum Gasteiger partial charge on any atom is 0.340 e. The number of nitrogens with two attached hydrogens (primary N) is 1. The first-order valence-corrected chi connectivity index (χ1v) is 6.20. The van der Waals surface area contributed by atoms with Gasteiger partial charge in [-0.05, 0) is 24.6 Å². The number of ether oxygens (including phenoxy) is 1. The van der Waals surface area contributed by atoms with Gasteiger partial charge in [0.2, 0.25) is 0 Å². The molecule has 0 aliphatic rings. The lowest BCUT2D eigenvalue weighted by Crippen LogP contribution is -2.12. The molecule has 2 aromatic rings. The molecule has 0 atom stereocenters. The number of hydrogen-bond donors (Lipinski definition) is 1. The molecule has 0 bridgehead atoms. The van der Waals surface area contributed by atoms with Crippen molar-refractivity contribution in [1.82, 2.24) is 14.8 Å². The molecular formula is C13H15FN4O2. The van der Waals surface area contributed by atoms with E-state index < -0.39 is 11.8 Å². The first-order valence-electron chi connectivity index (χ1n) is 6.20. The van der Waals surface area contributed by atoms with Crippen LogP contribution in [0.2, 0.25) is 0 Å². The molecule has 0 fully saturated rings. The Balaban J connectivity index is 2.05. The van der Waals surface area contributed by atoms with Gasteiger partial charge in [-0.1, -0.05) is 6.92 Å². The predicted molar refractivity (Wildman–Crippen MR) is 70.2 cm³/mol. The number of nitrogens with zero attached hydrogens (tertiary/aromatic N) is 3. The number of halogens is 1. The number of nitrogen functional groups attached to an aromatic ring is 1. The minimum Gasteiger partial charge on any atom is -0.454 e. The van der Waals surface area contributed by atoms with Crippen LogP contribution >= 0.6 is 0 Å². The molecule has 0 unspecified atom stereocenters. The number of carbonyl (C=O) groups excluding carboxylic acids is 1. The van der Waals surface area contributed by atoms with Crippen LogP contribution in [0.25, 0.3) is 0 Å². The van der Waals surface area contributed by atoms with E-state index in [0.717, 1.165) is 12.5 Å². The van der Waals surface area contributed by atoms with Crippen molar-refractivity contribution in [3.63, 3.8) is 0 Å². The average Bonchev–Trinajstić information content (AvgIpc) is 2.87. The van der Waals surface area contributed by atoms with Crippen LogP contribution in [-0.4, -0.2) is 20.7 Å². The molecular weight excluding hydrogens is 263 g/mol. The van der Waals surface area contributed by atoms with Crippen molar-refractivity contribution in [2.45, 2.75) is 26.5 Å². The van der Waals surface area contributed by atoms with Crippen LogP contribution in [0.3, 0.4) is 0 Å². The third kappa shape index (κ3) is 3.11. The Morgan fingerprint density at radius 3 is 3.05 bits per heavy atom. The smallest absolute Gasteiger partial charge is 0.340 e. The summed E-state index contributed by atoms with van der Waals surface area (Å²) in [6.45, 7) is 2.66. The molecule has 1 aromatic heterocycles. The molecule has 0 amide bonds. The molecule has 7 heteroatoms. The summed E-state index contributed by atoms with van der Waals surface area (Å²) >= 11 is 0. The number of rotatable bonds is 5. The van der Waals surface area contributed by atoms with Crippen molar-refractivity contribution in [3.8, 4) is 0 Å².